The molecule has 0 saturated carbocycles. The van der Waals surface area contributed by atoms with Gasteiger partial charge in [0.2, 0.25) is 0 Å². The molecular formula is C26H24N6O2S. The standard InChI is InChI=1S/C26H24N6O2S/c1-3-24-23(26(31-17-30-24)20-11-12-28-21(14-20)15-27)10-9-19-13-25(18(2)29-16-19)32-35(33,34)22-7-5-4-6-8-22/h4-8,11-14,16-17,32H,3,15,27H2,1-2H3. The number of benzene rings is 1. The third-order valence-electron chi connectivity index (χ3n) is 5.28. The fraction of sp³-hybridized carbons (Fsp3) is 0.154. The van der Waals surface area contributed by atoms with E-state index in [4.69, 9.17) is 5.73 Å². The summed E-state index contributed by atoms with van der Waals surface area (Å²) in [5.41, 5.74) is 11.0. The average Bonchev–Trinajstić information content (AvgIpc) is 2.89. The van der Waals surface area contributed by atoms with Crippen LogP contribution in [0.2, 0.25) is 0 Å². The molecule has 4 aromatic rings. The molecule has 0 saturated heterocycles. The zero-order valence-electron chi connectivity index (χ0n) is 19.4. The van der Waals surface area contributed by atoms with E-state index in [2.05, 4.69) is 36.5 Å². The van der Waals surface area contributed by atoms with Gasteiger partial charge >= 0.3 is 0 Å². The molecule has 3 heterocycles. The maximum Gasteiger partial charge on any atom is 0.261 e. The van der Waals surface area contributed by atoms with Gasteiger partial charge in [0.25, 0.3) is 10.0 Å². The first-order chi connectivity index (χ1) is 16.9. The molecule has 0 fully saturated rings. The number of rotatable bonds is 6. The lowest BCUT2D eigenvalue weighted by molar-refractivity contribution is 0.601. The number of nitrogens with zero attached hydrogens (tertiary/aromatic N) is 4. The van der Waals surface area contributed by atoms with Gasteiger partial charge in [-0.15, -0.1) is 0 Å². The van der Waals surface area contributed by atoms with Gasteiger partial charge in [-0.25, -0.2) is 18.4 Å². The Morgan fingerprint density at radius 2 is 1.80 bits per heavy atom. The van der Waals surface area contributed by atoms with Crippen LogP contribution in [0.25, 0.3) is 11.3 Å². The van der Waals surface area contributed by atoms with Crippen molar-refractivity contribution in [1.29, 1.82) is 0 Å². The first-order valence-corrected chi connectivity index (χ1v) is 12.5. The van der Waals surface area contributed by atoms with Crippen LogP contribution in [0.5, 0.6) is 0 Å². The molecule has 1 aromatic carbocycles. The van der Waals surface area contributed by atoms with Crippen LogP contribution in [0.1, 0.15) is 35.1 Å². The van der Waals surface area contributed by atoms with E-state index < -0.39 is 10.0 Å². The van der Waals surface area contributed by atoms with Crippen molar-refractivity contribution >= 4 is 15.7 Å². The van der Waals surface area contributed by atoms with Crippen molar-refractivity contribution in [1.82, 2.24) is 19.9 Å². The topological polar surface area (TPSA) is 124 Å². The lowest BCUT2D eigenvalue weighted by atomic mass is 10.0. The number of anilines is 1. The van der Waals surface area contributed by atoms with E-state index in [-0.39, 0.29) is 4.90 Å². The summed E-state index contributed by atoms with van der Waals surface area (Å²) >= 11 is 0. The minimum Gasteiger partial charge on any atom is -0.325 e. The van der Waals surface area contributed by atoms with Crippen LogP contribution < -0.4 is 10.5 Å². The number of aromatic nitrogens is 4. The maximum absolute atomic E-state index is 12.8. The molecule has 9 heteroatoms. The highest BCUT2D eigenvalue weighted by atomic mass is 32.2. The average molecular weight is 485 g/mol. The number of hydrogen-bond acceptors (Lipinski definition) is 7. The van der Waals surface area contributed by atoms with E-state index in [1.54, 1.807) is 43.6 Å². The summed E-state index contributed by atoms with van der Waals surface area (Å²) in [7, 11) is -3.75. The van der Waals surface area contributed by atoms with Gasteiger partial charge in [0, 0.05) is 30.1 Å². The molecule has 8 nitrogen and oxygen atoms in total. The Hall–Kier alpha value is -4.13. The first-order valence-electron chi connectivity index (χ1n) is 11.0. The van der Waals surface area contributed by atoms with Gasteiger partial charge in [0.1, 0.15) is 6.33 Å². The number of aryl methyl sites for hydroxylation is 2. The minimum atomic E-state index is -3.75. The Balaban J connectivity index is 1.72. The highest BCUT2D eigenvalue weighted by molar-refractivity contribution is 7.92. The van der Waals surface area contributed by atoms with Crippen LogP contribution in [0.3, 0.4) is 0 Å². The molecular weight excluding hydrogens is 460 g/mol. The summed E-state index contributed by atoms with van der Waals surface area (Å²) in [6, 6.07) is 13.6. The van der Waals surface area contributed by atoms with E-state index in [1.807, 2.05) is 19.1 Å². The van der Waals surface area contributed by atoms with Crippen LogP contribution in [0, 0.1) is 18.8 Å². The quantitative estimate of drug-likeness (QED) is 0.402. The molecule has 0 atom stereocenters. The largest absolute Gasteiger partial charge is 0.325 e. The van der Waals surface area contributed by atoms with Gasteiger partial charge in [0.05, 0.1) is 38.9 Å². The molecule has 3 N–H and O–H groups in total. The maximum atomic E-state index is 12.8. The smallest absolute Gasteiger partial charge is 0.261 e. The summed E-state index contributed by atoms with van der Waals surface area (Å²) in [4.78, 5) is 17.6. The number of nitrogens with two attached hydrogens (primary N) is 1. The van der Waals surface area contributed by atoms with Gasteiger partial charge in [-0.2, -0.15) is 0 Å². The van der Waals surface area contributed by atoms with Crippen molar-refractivity contribution < 1.29 is 8.42 Å². The SMILES string of the molecule is CCc1ncnc(-c2ccnc(CN)c2)c1C#Cc1cnc(C)c(NS(=O)(=O)c2ccccc2)c1. The van der Waals surface area contributed by atoms with Gasteiger partial charge in [-0.3, -0.25) is 14.7 Å². The molecule has 4 rings (SSSR count). The van der Waals surface area contributed by atoms with Crippen LogP contribution in [-0.4, -0.2) is 28.4 Å². The van der Waals surface area contributed by atoms with Crippen molar-refractivity contribution in [3.05, 3.63) is 95.5 Å². The number of sulfonamides is 1. The molecule has 0 spiro atoms. The van der Waals surface area contributed by atoms with E-state index in [0.29, 0.717) is 41.2 Å². The lowest BCUT2D eigenvalue weighted by Crippen LogP contribution is -2.14. The monoisotopic (exact) mass is 484 g/mol. The first kappa shape index (κ1) is 24.0. The van der Waals surface area contributed by atoms with Gasteiger partial charge in [-0.05, 0) is 43.7 Å². The Morgan fingerprint density at radius 3 is 2.54 bits per heavy atom. The molecule has 35 heavy (non-hydrogen) atoms. The normalized spacial score (nSPS) is 10.9. The molecule has 0 amide bonds. The number of hydrogen-bond donors (Lipinski definition) is 2. The van der Waals surface area contributed by atoms with Crippen molar-refractivity contribution in [2.75, 3.05) is 4.72 Å². The summed E-state index contributed by atoms with van der Waals surface area (Å²) in [5.74, 6) is 6.28. The number of nitrogens with one attached hydrogen (secondary N) is 1. The van der Waals surface area contributed by atoms with Crippen molar-refractivity contribution in [2.45, 2.75) is 31.7 Å². The molecule has 0 bridgehead atoms. The van der Waals surface area contributed by atoms with E-state index in [1.165, 1.54) is 18.5 Å². The Morgan fingerprint density at radius 1 is 1.00 bits per heavy atom. The Kier molecular flexibility index (Phi) is 7.15. The van der Waals surface area contributed by atoms with Crippen LogP contribution in [0.15, 0.2) is 72.1 Å². The predicted molar refractivity (Wildman–Crippen MR) is 135 cm³/mol. The highest BCUT2D eigenvalue weighted by Gasteiger charge is 2.16. The van der Waals surface area contributed by atoms with E-state index in [0.717, 1.165) is 17.0 Å². The van der Waals surface area contributed by atoms with Crippen molar-refractivity contribution in [2.24, 2.45) is 5.73 Å². The summed E-state index contributed by atoms with van der Waals surface area (Å²) < 4.78 is 28.2. The van der Waals surface area contributed by atoms with Crippen LogP contribution >= 0.6 is 0 Å². The predicted octanol–water partition coefficient (Wildman–Crippen LogP) is 3.46. The summed E-state index contributed by atoms with van der Waals surface area (Å²) in [6.45, 7) is 4.05. The third kappa shape index (κ3) is 5.51. The van der Waals surface area contributed by atoms with Crippen LogP contribution in [-0.2, 0) is 23.0 Å². The summed E-state index contributed by atoms with van der Waals surface area (Å²) in [6.07, 6.45) is 5.49. The van der Waals surface area contributed by atoms with Crippen LogP contribution in [0.4, 0.5) is 5.69 Å². The molecule has 176 valence electrons. The lowest BCUT2D eigenvalue weighted by Gasteiger charge is -2.10. The Bertz CT molecular complexity index is 1530. The molecule has 0 radical (unpaired) electrons. The highest BCUT2D eigenvalue weighted by Crippen LogP contribution is 2.24. The van der Waals surface area contributed by atoms with E-state index in [9.17, 15) is 8.42 Å². The summed E-state index contributed by atoms with van der Waals surface area (Å²) in [5, 5.41) is 0. The Labute approximate surface area is 204 Å². The molecule has 0 aliphatic heterocycles. The van der Waals surface area contributed by atoms with Gasteiger partial charge < -0.3 is 5.73 Å². The van der Waals surface area contributed by atoms with E-state index >= 15 is 0 Å². The molecule has 3 aromatic heterocycles. The zero-order chi connectivity index (χ0) is 24.8. The second kappa shape index (κ2) is 10.4. The number of pyridine rings is 2. The zero-order valence-corrected chi connectivity index (χ0v) is 20.2. The van der Waals surface area contributed by atoms with Gasteiger partial charge in [-0.1, -0.05) is 37.0 Å². The molecule has 0 aliphatic carbocycles. The molecule has 0 aliphatic rings. The second-order valence-electron chi connectivity index (χ2n) is 7.66. The van der Waals surface area contributed by atoms with Gasteiger partial charge in [0.15, 0.2) is 0 Å². The van der Waals surface area contributed by atoms with Crippen molar-refractivity contribution in [3.63, 3.8) is 0 Å². The van der Waals surface area contributed by atoms with Crippen molar-refractivity contribution in [3.8, 4) is 23.1 Å². The third-order valence-corrected chi connectivity index (χ3v) is 6.66. The fourth-order valence-electron chi connectivity index (χ4n) is 3.42. The minimum absolute atomic E-state index is 0.170. The second-order valence-corrected chi connectivity index (χ2v) is 9.35. The fourth-order valence-corrected chi connectivity index (χ4v) is 4.55. The molecule has 0 unspecified atom stereocenters.